The molecule has 0 saturated carbocycles. The van der Waals surface area contributed by atoms with Crippen LogP contribution in [0.25, 0.3) is 0 Å². The van der Waals surface area contributed by atoms with E-state index in [0.29, 0.717) is 17.9 Å². The predicted octanol–water partition coefficient (Wildman–Crippen LogP) is 1.32. The third-order valence-corrected chi connectivity index (χ3v) is 3.73. The number of amides is 1. The average molecular weight is 292 g/mol. The van der Waals surface area contributed by atoms with Crippen LogP contribution in [0.2, 0.25) is 0 Å². The first kappa shape index (κ1) is 15.8. The fraction of sp³-hybridized carbons (Fsp3) is 0.562. The number of rotatable bonds is 6. The number of benzene rings is 1. The molecule has 0 spiro atoms. The molecule has 0 atom stereocenters. The molecule has 0 unspecified atom stereocenters. The molecule has 1 amide bonds. The number of morpholine rings is 1. The highest BCUT2D eigenvalue weighted by Gasteiger charge is 2.14. The molecule has 1 fully saturated rings. The van der Waals surface area contributed by atoms with E-state index in [4.69, 9.17) is 9.47 Å². The number of nitrogens with one attached hydrogen (secondary N) is 1. The molecule has 1 aliphatic heterocycles. The Labute approximate surface area is 126 Å². The minimum absolute atomic E-state index is 0.0737. The van der Waals surface area contributed by atoms with E-state index >= 15 is 0 Å². The molecule has 0 bridgehead atoms. The Morgan fingerprint density at radius 3 is 2.81 bits per heavy atom. The lowest BCUT2D eigenvalue weighted by molar-refractivity contribution is 0.0383. The lowest BCUT2D eigenvalue weighted by Crippen LogP contribution is -2.41. The van der Waals surface area contributed by atoms with Gasteiger partial charge in [-0.05, 0) is 24.1 Å². The Hall–Kier alpha value is -1.59. The van der Waals surface area contributed by atoms with Crippen molar-refractivity contribution in [2.24, 2.45) is 0 Å². The zero-order valence-corrected chi connectivity index (χ0v) is 12.9. The predicted molar refractivity (Wildman–Crippen MR) is 82.0 cm³/mol. The summed E-state index contributed by atoms with van der Waals surface area (Å²) in [4.78, 5) is 14.6. The number of hydrogen-bond acceptors (Lipinski definition) is 4. The van der Waals surface area contributed by atoms with Crippen molar-refractivity contribution in [3.63, 3.8) is 0 Å². The number of aryl methyl sites for hydroxylation is 1. The number of methoxy groups -OCH3 is 1. The fourth-order valence-corrected chi connectivity index (χ4v) is 2.40. The smallest absolute Gasteiger partial charge is 0.255 e. The Balaban J connectivity index is 1.89. The highest BCUT2D eigenvalue weighted by molar-refractivity contribution is 5.97. The molecule has 0 aliphatic carbocycles. The lowest BCUT2D eigenvalue weighted by atomic mass is 10.1. The maximum atomic E-state index is 12.3. The van der Waals surface area contributed by atoms with Crippen LogP contribution in [0.3, 0.4) is 0 Å². The molecule has 5 nitrogen and oxygen atoms in total. The second-order valence-corrected chi connectivity index (χ2v) is 5.10. The van der Waals surface area contributed by atoms with Crippen LogP contribution in [0.15, 0.2) is 18.2 Å². The van der Waals surface area contributed by atoms with Crippen molar-refractivity contribution in [3.8, 4) is 5.75 Å². The van der Waals surface area contributed by atoms with E-state index in [2.05, 4.69) is 17.1 Å². The summed E-state index contributed by atoms with van der Waals surface area (Å²) in [5, 5.41) is 2.97. The maximum absolute atomic E-state index is 12.3. The SMILES string of the molecule is CCc1ccc(OC)c(C(=O)NCCN2CCOCC2)c1. The van der Waals surface area contributed by atoms with Gasteiger partial charge in [0.25, 0.3) is 5.91 Å². The van der Waals surface area contributed by atoms with Gasteiger partial charge in [0.05, 0.1) is 25.9 Å². The van der Waals surface area contributed by atoms with Crippen LogP contribution in [0.4, 0.5) is 0 Å². The van der Waals surface area contributed by atoms with Crippen LogP contribution < -0.4 is 10.1 Å². The molecule has 0 radical (unpaired) electrons. The van der Waals surface area contributed by atoms with Crippen molar-refractivity contribution in [3.05, 3.63) is 29.3 Å². The minimum Gasteiger partial charge on any atom is -0.496 e. The van der Waals surface area contributed by atoms with Gasteiger partial charge in [0.15, 0.2) is 0 Å². The van der Waals surface area contributed by atoms with Crippen molar-refractivity contribution in [1.82, 2.24) is 10.2 Å². The van der Waals surface area contributed by atoms with E-state index in [0.717, 1.165) is 44.8 Å². The molecular formula is C16H24N2O3. The van der Waals surface area contributed by atoms with Gasteiger partial charge in [-0.3, -0.25) is 9.69 Å². The summed E-state index contributed by atoms with van der Waals surface area (Å²) in [6.07, 6.45) is 0.901. The minimum atomic E-state index is -0.0737. The standard InChI is InChI=1S/C16H24N2O3/c1-3-13-4-5-15(20-2)14(12-13)16(19)17-6-7-18-8-10-21-11-9-18/h4-5,12H,3,6-11H2,1-2H3,(H,17,19). The van der Waals surface area contributed by atoms with E-state index in [1.54, 1.807) is 7.11 Å². The molecule has 1 aromatic carbocycles. The molecular weight excluding hydrogens is 268 g/mol. The van der Waals surface area contributed by atoms with E-state index in [1.165, 1.54) is 0 Å². The van der Waals surface area contributed by atoms with Crippen LogP contribution in [0, 0.1) is 0 Å². The molecule has 0 aromatic heterocycles. The molecule has 1 N–H and O–H groups in total. The fourth-order valence-electron chi connectivity index (χ4n) is 2.40. The van der Waals surface area contributed by atoms with Gasteiger partial charge in [0, 0.05) is 26.2 Å². The molecule has 1 heterocycles. The molecule has 1 aliphatic rings. The van der Waals surface area contributed by atoms with E-state index in [9.17, 15) is 4.79 Å². The number of hydrogen-bond donors (Lipinski definition) is 1. The van der Waals surface area contributed by atoms with Gasteiger partial charge in [0.2, 0.25) is 0 Å². The molecule has 116 valence electrons. The second-order valence-electron chi connectivity index (χ2n) is 5.10. The summed E-state index contributed by atoms with van der Waals surface area (Å²) in [6.45, 7) is 6.99. The van der Waals surface area contributed by atoms with Gasteiger partial charge < -0.3 is 14.8 Å². The third kappa shape index (κ3) is 4.44. The molecule has 1 aromatic rings. The number of ether oxygens (including phenoxy) is 2. The van der Waals surface area contributed by atoms with Crippen molar-refractivity contribution in [2.75, 3.05) is 46.5 Å². The summed E-state index contributed by atoms with van der Waals surface area (Å²) < 4.78 is 10.6. The molecule has 21 heavy (non-hydrogen) atoms. The summed E-state index contributed by atoms with van der Waals surface area (Å²) in [7, 11) is 1.59. The third-order valence-electron chi connectivity index (χ3n) is 3.73. The van der Waals surface area contributed by atoms with Gasteiger partial charge in [0.1, 0.15) is 5.75 Å². The zero-order chi connectivity index (χ0) is 15.1. The van der Waals surface area contributed by atoms with Crippen molar-refractivity contribution in [2.45, 2.75) is 13.3 Å². The zero-order valence-electron chi connectivity index (χ0n) is 12.9. The Kier molecular flexibility index (Phi) is 6.02. The Morgan fingerprint density at radius 1 is 1.38 bits per heavy atom. The number of carbonyl (C=O) groups is 1. The molecule has 5 heteroatoms. The van der Waals surface area contributed by atoms with Gasteiger partial charge in [-0.15, -0.1) is 0 Å². The van der Waals surface area contributed by atoms with Gasteiger partial charge >= 0.3 is 0 Å². The van der Waals surface area contributed by atoms with Crippen LogP contribution >= 0.6 is 0 Å². The maximum Gasteiger partial charge on any atom is 0.255 e. The van der Waals surface area contributed by atoms with Crippen LogP contribution in [-0.2, 0) is 11.2 Å². The van der Waals surface area contributed by atoms with Gasteiger partial charge in [-0.1, -0.05) is 13.0 Å². The average Bonchev–Trinajstić information content (AvgIpc) is 2.55. The number of carbonyl (C=O) groups excluding carboxylic acids is 1. The van der Waals surface area contributed by atoms with E-state index in [-0.39, 0.29) is 5.91 Å². The normalized spacial score (nSPS) is 15.7. The first-order valence-electron chi connectivity index (χ1n) is 7.49. The monoisotopic (exact) mass is 292 g/mol. The summed E-state index contributed by atoms with van der Waals surface area (Å²) in [5.41, 5.74) is 1.74. The van der Waals surface area contributed by atoms with E-state index in [1.807, 2.05) is 18.2 Å². The van der Waals surface area contributed by atoms with Crippen molar-refractivity contribution in [1.29, 1.82) is 0 Å². The van der Waals surface area contributed by atoms with Gasteiger partial charge in [-0.2, -0.15) is 0 Å². The largest absolute Gasteiger partial charge is 0.496 e. The van der Waals surface area contributed by atoms with Crippen molar-refractivity contribution < 1.29 is 14.3 Å². The van der Waals surface area contributed by atoms with Crippen LogP contribution in [0.1, 0.15) is 22.8 Å². The first-order chi connectivity index (χ1) is 10.2. The van der Waals surface area contributed by atoms with Crippen LogP contribution in [0.5, 0.6) is 5.75 Å². The highest BCUT2D eigenvalue weighted by Crippen LogP contribution is 2.20. The topological polar surface area (TPSA) is 50.8 Å². The summed E-state index contributed by atoms with van der Waals surface area (Å²) >= 11 is 0. The van der Waals surface area contributed by atoms with Gasteiger partial charge in [-0.25, -0.2) is 0 Å². The molecule has 2 rings (SSSR count). The molecule has 1 saturated heterocycles. The van der Waals surface area contributed by atoms with Crippen molar-refractivity contribution >= 4 is 5.91 Å². The van der Waals surface area contributed by atoms with Crippen LogP contribution in [-0.4, -0.2) is 57.3 Å². The second kappa shape index (κ2) is 8.00. The summed E-state index contributed by atoms with van der Waals surface area (Å²) in [5.74, 6) is 0.548. The highest BCUT2D eigenvalue weighted by atomic mass is 16.5. The lowest BCUT2D eigenvalue weighted by Gasteiger charge is -2.26. The van der Waals surface area contributed by atoms with E-state index < -0.39 is 0 Å². The summed E-state index contributed by atoms with van der Waals surface area (Å²) in [6, 6.07) is 5.75. The Morgan fingerprint density at radius 2 is 2.14 bits per heavy atom. The first-order valence-corrected chi connectivity index (χ1v) is 7.49. The quantitative estimate of drug-likeness (QED) is 0.859. The Bertz CT molecular complexity index is 471. The number of nitrogens with zero attached hydrogens (tertiary/aromatic N) is 1.